The van der Waals surface area contributed by atoms with E-state index in [-0.39, 0.29) is 30.7 Å². The Hall–Kier alpha value is -4.14. The Morgan fingerprint density at radius 2 is 1.90 bits per heavy atom. The molecule has 9 nitrogen and oxygen atoms in total. The molecule has 0 radical (unpaired) electrons. The molecule has 0 atom stereocenters. The quantitative estimate of drug-likeness (QED) is 0.463. The van der Waals surface area contributed by atoms with Crippen LogP contribution in [0.1, 0.15) is 5.56 Å². The first-order valence-electron chi connectivity index (χ1n) is 9.45. The summed E-state index contributed by atoms with van der Waals surface area (Å²) >= 11 is 0. The van der Waals surface area contributed by atoms with Gasteiger partial charge in [0.2, 0.25) is 5.88 Å². The third kappa shape index (κ3) is 4.40. The number of hydrogen-bond donors (Lipinski definition) is 1. The van der Waals surface area contributed by atoms with E-state index in [1.54, 1.807) is 32.4 Å². The third-order valence-corrected chi connectivity index (χ3v) is 4.59. The van der Waals surface area contributed by atoms with Crippen LogP contribution in [-0.2, 0) is 11.3 Å². The number of carbonyl (C=O) groups excluding carboxylic acids is 1. The van der Waals surface area contributed by atoms with Crippen LogP contribution >= 0.6 is 0 Å². The van der Waals surface area contributed by atoms with Crippen LogP contribution in [0.5, 0.6) is 17.4 Å². The van der Waals surface area contributed by atoms with E-state index in [1.807, 2.05) is 30.3 Å². The maximum absolute atomic E-state index is 12.4. The Labute approximate surface area is 178 Å². The molecule has 0 saturated heterocycles. The van der Waals surface area contributed by atoms with Crippen molar-refractivity contribution in [3.63, 3.8) is 0 Å². The molecule has 31 heavy (non-hydrogen) atoms. The number of methoxy groups -OCH3 is 2. The summed E-state index contributed by atoms with van der Waals surface area (Å²) in [5, 5.41) is 7.39. The minimum absolute atomic E-state index is 0.221. The molecule has 158 valence electrons. The molecule has 0 spiro atoms. The topological polar surface area (TPSA) is 109 Å². The van der Waals surface area contributed by atoms with Crippen molar-refractivity contribution in [2.75, 3.05) is 20.8 Å². The number of benzene rings is 2. The minimum atomic E-state index is -0.325. The Morgan fingerprint density at radius 3 is 2.68 bits per heavy atom. The standard InChI is InChI=1S/C22H20N4O5/c1-28-16-8-9-17(29-2)15(10-16)11-23-18(27)12-30-21-19-20(14-6-4-3-5-7-14)26-31-22(19)25-13-24-21/h3-10,13H,11-12H2,1-2H3,(H,23,27). The van der Waals surface area contributed by atoms with E-state index in [1.165, 1.54) is 6.33 Å². The van der Waals surface area contributed by atoms with Gasteiger partial charge in [0.25, 0.3) is 11.6 Å². The second-order valence-electron chi connectivity index (χ2n) is 6.50. The van der Waals surface area contributed by atoms with Crippen molar-refractivity contribution >= 4 is 17.0 Å². The maximum atomic E-state index is 12.4. The maximum Gasteiger partial charge on any atom is 0.265 e. The van der Waals surface area contributed by atoms with Crippen molar-refractivity contribution < 1.29 is 23.5 Å². The lowest BCUT2D eigenvalue weighted by molar-refractivity contribution is -0.123. The van der Waals surface area contributed by atoms with Crippen LogP contribution in [0.4, 0.5) is 0 Å². The first-order chi connectivity index (χ1) is 15.2. The number of aromatic nitrogens is 3. The molecule has 0 bridgehead atoms. The number of nitrogens with zero attached hydrogens (tertiary/aromatic N) is 3. The van der Waals surface area contributed by atoms with E-state index in [0.717, 1.165) is 11.1 Å². The lowest BCUT2D eigenvalue weighted by Gasteiger charge is -2.12. The summed E-state index contributed by atoms with van der Waals surface area (Å²) in [7, 11) is 3.15. The highest BCUT2D eigenvalue weighted by atomic mass is 16.5. The van der Waals surface area contributed by atoms with Crippen LogP contribution in [-0.4, -0.2) is 41.9 Å². The molecule has 0 unspecified atom stereocenters. The van der Waals surface area contributed by atoms with Gasteiger partial charge in [-0.25, -0.2) is 4.98 Å². The third-order valence-electron chi connectivity index (χ3n) is 4.59. The summed E-state index contributed by atoms with van der Waals surface area (Å²) in [5.41, 5.74) is 2.44. The van der Waals surface area contributed by atoms with Gasteiger partial charge in [0.15, 0.2) is 6.61 Å². The Kier molecular flexibility index (Phi) is 5.93. The molecule has 0 saturated carbocycles. The average molecular weight is 420 g/mol. The lowest BCUT2D eigenvalue weighted by Crippen LogP contribution is -2.28. The zero-order chi connectivity index (χ0) is 21.6. The Morgan fingerprint density at radius 1 is 1.06 bits per heavy atom. The first kappa shape index (κ1) is 20.1. The Bertz CT molecular complexity index is 1190. The van der Waals surface area contributed by atoms with Crippen LogP contribution in [0.3, 0.4) is 0 Å². The van der Waals surface area contributed by atoms with Crippen LogP contribution in [0.2, 0.25) is 0 Å². The molecule has 0 aliphatic carbocycles. The number of carbonyl (C=O) groups is 1. The normalized spacial score (nSPS) is 10.6. The highest BCUT2D eigenvalue weighted by molar-refractivity contribution is 5.93. The fraction of sp³-hybridized carbons (Fsp3) is 0.182. The van der Waals surface area contributed by atoms with E-state index >= 15 is 0 Å². The van der Waals surface area contributed by atoms with Crippen molar-refractivity contribution in [2.45, 2.75) is 6.54 Å². The molecule has 9 heteroatoms. The second-order valence-corrected chi connectivity index (χ2v) is 6.50. The van der Waals surface area contributed by atoms with Gasteiger partial charge in [-0.15, -0.1) is 0 Å². The predicted molar refractivity (Wildman–Crippen MR) is 112 cm³/mol. The first-order valence-corrected chi connectivity index (χ1v) is 9.45. The molecule has 0 aliphatic rings. The molecule has 4 rings (SSSR count). The molecular formula is C22H20N4O5. The van der Waals surface area contributed by atoms with E-state index in [0.29, 0.717) is 22.6 Å². The highest BCUT2D eigenvalue weighted by Crippen LogP contribution is 2.32. The number of fused-ring (bicyclic) bond motifs is 1. The van der Waals surface area contributed by atoms with Gasteiger partial charge >= 0.3 is 0 Å². The van der Waals surface area contributed by atoms with Gasteiger partial charge in [-0.3, -0.25) is 4.79 Å². The van der Waals surface area contributed by atoms with E-state index in [2.05, 4.69) is 20.4 Å². The fourth-order valence-electron chi connectivity index (χ4n) is 3.06. The predicted octanol–water partition coefficient (Wildman–Crippen LogP) is 3.00. The molecule has 2 heterocycles. The van der Waals surface area contributed by atoms with Crippen molar-refractivity contribution in [2.24, 2.45) is 0 Å². The zero-order valence-corrected chi connectivity index (χ0v) is 17.0. The van der Waals surface area contributed by atoms with E-state index in [9.17, 15) is 4.79 Å². The molecule has 2 aromatic heterocycles. The Balaban J connectivity index is 1.46. The van der Waals surface area contributed by atoms with Gasteiger partial charge in [0.1, 0.15) is 28.9 Å². The SMILES string of the molecule is COc1ccc(OC)c(CNC(=O)COc2ncnc3onc(-c4ccccc4)c23)c1. The molecule has 0 fully saturated rings. The van der Waals surface area contributed by atoms with Crippen LogP contribution in [0, 0.1) is 0 Å². The lowest BCUT2D eigenvalue weighted by atomic mass is 10.1. The van der Waals surface area contributed by atoms with Crippen LogP contribution in [0.15, 0.2) is 59.4 Å². The van der Waals surface area contributed by atoms with Gasteiger partial charge in [-0.2, -0.15) is 4.98 Å². The summed E-state index contributed by atoms with van der Waals surface area (Å²) in [6, 6.07) is 14.8. The average Bonchev–Trinajstić information content (AvgIpc) is 3.26. The second kappa shape index (κ2) is 9.12. The van der Waals surface area contributed by atoms with Gasteiger partial charge in [0.05, 0.1) is 14.2 Å². The number of amides is 1. The van der Waals surface area contributed by atoms with Crippen LogP contribution in [0.25, 0.3) is 22.4 Å². The van der Waals surface area contributed by atoms with Gasteiger partial charge in [-0.1, -0.05) is 35.5 Å². The summed E-state index contributed by atoms with van der Waals surface area (Å²) in [6.07, 6.45) is 1.30. The number of hydrogen-bond acceptors (Lipinski definition) is 8. The number of rotatable bonds is 8. The largest absolute Gasteiger partial charge is 0.497 e. The summed E-state index contributed by atoms with van der Waals surface area (Å²) < 4.78 is 21.5. The monoisotopic (exact) mass is 420 g/mol. The molecule has 2 aromatic carbocycles. The van der Waals surface area contributed by atoms with Crippen molar-refractivity contribution in [1.29, 1.82) is 0 Å². The molecule has 4 aromatic rings. The molecular weight excluding hydrogens is 400 g/mol. The number of nitrogens with one attached hydrogen (secondary N) is 1. The smallest absolute Gasteiger partial charge is 0.265 e. The molecule has 1 N–H and O–H groups in total. The summed E-state index contributed by atoms with van der Waals surface area (Å²) in [6.45, 7) is 0.0160. The molecule has 1 amide bonds. The van der Waals surface area contributed by atoms with Crippen LogP contribution < -0.4 is 19.5 Å². The highest BCUT2D eigenvalue weighted by Gasteiger charge is 2.18. The van der Waals surface area contributed by atoms with E-state index < -0.39 is 0 Å². The van der Waals surface area contributed by atoms with Crippen molar-refractivity contribution in [3.8, 4) is 28.6 Å². The van der Waals surface area contributed by atoms with Gasteiger partial charge < -0.3 is 24.1 Å². The van der Waals surface area contributed by atoms with Crippen molar-refractivity contribution in [3.05, 3.63) is 60.4 Å². The van der Waals surface area contributed by atoms with Crippen molar-refractivity contribution in [1.82, 2.24) is 20.4 Å². The van der Waals surface area contributed by atoms with Gasteiger partial charge in [-0.05, 0) is 18.2 Å². The fourth-order valence-corrected chi connectivity index (χ4v) is 3.06. The molecule has 0 aliphatic heterocycles. The van der Waals surface area contributed by atoms with Gasteiger partial charge in [0, 0.05) is 17.7 Å². The number of ether oxygens (including phenoxy) is 3. The summed E-state index contributed by atoms with van der Waals surface area (Å²) in [4.78, 5) is 20.6. The van der Waals surface area contributed by atoms with E-state index in [4.69, 9.17) is 18.7 Å². The minimum Gasteiger partial charge on any atom is -0.497 e. The zero-order valence-electron chi connectivity index (χ0n) is 17.0. The summed E-state index contributed by atoms with van der Waals surface area (Å²) in [5.74, 6) is 1.22.